The van der Waals surface area contributed by atoms with E-state index in [-0.39, 0.29) is 0 Å². The molecular weight excluding hydrogens is 496 g/mol. The number of benzene rings is 6. The van der Waals surface area contributed by atoms with Gasteiger partial charge in [0.15, 0.2) is 0 Å². The van der Waals surface area contributed by atoms with E-state index in [1.54, 1.807) is 0 Å². The molecule has 0 atom stereocenters. The summed E-state index contributed by atoms with van der Waals surface area (Å²) in [4.78, 5) is 0. The van der Waals surface area contributed by atoms with E-state index in [1.165, 1.54) is 66.8 Å². The van der Waals surface area contributed by atoms with Gasteiger partial charge in [0.1, 0.15) is 0 Å². The van der Waals surface area contributed by atoms with Gasteiger partial charge < -0.3 is 4.74 Å². The molecule has 6 aromatic carbocycles. The number of hydrogen-bond donors (Lipinski definition) is 0. The fourth-order valence-corrected chi connectivity index (χ4v) is 5.92. The molecule has 1 nitrogen and oxygen atoms in total. The Morgan fingerprint density at radius 1 is 0.268 bits per heavy atom. The first-order valence-electron chi connectivity index (χ1n) is 14.5. The maximum Gasteiger partial charge on any atom is 0.0437 e. The molecule has 0 fully saturated rings. The van der Waals surface area contributed by atoms with E-state index >= 15 is 0 Å². The number of rotatable bonds is 2. The average molecular weight is 531 g/mol. The van der Waals surface area contributed by atoms with E-state index in [0.717, 1.165) is 13.2 Å². The first-order valence-corrected chi connectivity index (χ1v) is 14.5. The van der Waals surface area contributed by atoms with Crippen LogP contribution in [-0.4, -0.2) is 13.2 Å². The quantitative estimate of drug-likeness (QED) is 0.216. The topological polar surface area (TPSA) is 9.23 Å². The highest BCUT2D eigenvalue weighted by atomic mass is 16.5. The van der Waals surface area contributed by atoms with E-state index < -0.39 is 0 Å². The summed E-state index contributed by atoms with van der Waals surface area (Å²) in [7, 11) is 0. The van der Waals surface area contributed by atoms with Gasteiger partial charge in [0, 0.05) is 13.2 Å². The number of hydrogen-bond acceptors (Lipinski definition) is 1. The Balaban J connectivity index is 0.000000559. The molecule has 41 heavy (non-hydrogen) atoms. The molecule has 0 amide bonds. The Bertz CT molecular complexity index is 1290. The van der Waals surface area contributed by atoms with E-state index in [1.807, 2.05) is 13.8 Å². The Kier molecular flexibility index (Phi) is 7.89. The van der Waals surface area contributed by atoms with E-state index in [2.05, 4.69) is 146 Å². The summed E-state index contributed by atoms with van der Waals surface area (Å²) < 4.78 is 4.83. The van der Waals surface area contributed by atoms with Crippen LogP contribution in [0.1, 0.15) is 13.8 Å². The van der Waals surface area contributed by atoms with E-state index in [4.69, 9.17) is 4.74 Å². The van der Waals surface area contributed by atoms with Gasteiger partial charge in [-0.25, -0.2) is 0 Å². The second-order valence-electron chi connectivity index (χ2n) is 10.1. The van der Waals surface area contributed by atoms with Crippen molar-refractivity contribution in [3.63, 3.8) is 0 Å². The SMILES string of the molecule is CCOCC.c1ccc2c(c1)-c1ccccc1-c1ccccc1-c1ccccc1-c1ccccc1-c1ccccc1-2. The molecular formula is C40H34O. The largest absolute Gasteiger partial charge is 0.382 e. The van der Waals surface area contributed by atoms with Crippen molar-refractivity contribution in [2.24, 2.45) is 0 Å². The van der Waals surface area contributed by atoms with Crippen LogP contribution in [0.15, 0.2) is 146 Å². The van der Waals surface area contributed by atoms with Gasteiger partial charge in [-0.15, -0.1) is 0 Å². The fraction of sp³-hybridized carbons (Fsp3) is 0.100. The molecule has 6 aromatic rings. The van der Waals surface area contributed by atoms with Gasteiger partial charge >= 0.3 is 0 Å². The van der Waals surface area contributed by atoms with Crippen LogP contribution in [0, 0.1) is 0 Å². The van der Waals surface area contributed by atoms with Crippen LogP contribution >= 0.6 is 0 Å². The van der Waals surface area contributed by atoms with E-state index in [9.17, 15) is 0 Å². The van der Waals surface area contributed by atoms with Crippen molar-refractivity contribution in [1.29, 1.82) is 0 Å². The van der Waals surface area contributed by atoms with Crippen LogP contribution in [-0.2, 0) is 4.74 Å². The third-order valence-electron chi connectivity index (χ3n) is 7.71. The summed E-state index contributed by atoms with van der Waals surface area (Å²) in [6.45, 7) is 5.67. The van der Waals surface area contributed by atoms with Gasteiger partial charge in [-0.05, 0) is 80.6 Å². The molecule has 7 rings (SSSR count). The first-order chi connectivity index (χ1) is 20.3. The Morgan fingerprint density at radius 2 is 0.390 bits per heavy atom. The maximum absolute atomic E-state index is 4.83. The smallest absolute Gasteiger partial charge is 0.0437 e. The minimum atomic E-state index is 0.844. The highest BCUT2D eigenvalue weighted by molar-refractivity contribution is 6.03. The molecule has 0 heterocycles. The molecule has 1 aliphatic carbocycles. The molecule has 200 valence electrons. The van der Waals surface area contributed by atoms with Crippen LogP contribution in [0.5, 0.6) is 0 Å². The first kappa shape index (κ1) is 26.5. The molecule has 0 aliphatic heterocycles. The predicted octanol–water partition coefficient (Wildman–Crippen LogP) is 11.0. The monoisotopic (exact) mass is 530 g/mol. The molecule has 0 saturated heterocycles. The van der Waals surface area contributed by atoms with Crippen LogP contribution in [0.3, 0.4) is 0 Å². The molecule has 1 aliphatic rings. The molecule has 0 aromatic heterocycles. The molecule has 0 radical (unpaired) electrons. The van der Waals surface area contributed by atoms with Gasteiger partial charge in [-0.1, -0.05) is 146 Å². The minimum Gasteiger partial charge on any atom is -0.382 e. The summed E-state index contributed by atoms with van der Waals surface area (Å²) >= 11 is 0. The zero-order valence-corrected chi connectivity index (χ0v) is 23.7. The van der Waals surface area contributed by atoms with Gasteiger partial charge in [-0.3, -0.25) is 0 Å². The summed E-state index contributed by atoms with van der Waals surface area (Å²) in [6.07, 6.45) is 0. The van der Waals surface area contributed by atoms with Crippen molar-refractivity contribution in [2.75, 3.05) is 13.2 Å². The lowest BCUT2D eigenvalue weighted by molar-refractivity contribution is 0.162. The molecule has 0 spiro atoms. The molecule has 0 unspecified atom stereocenters. The highest BCUT2D eigenvalue weighted by Gasteiger charge is 2.21. The molecule has 0 N–H and O–H groups in total. The fourth-order valence-electron chi connectivity index (χ4n) is 5.92. The van der Waals surface area contributed by atoms with Crippen LogP contribution in [0.2, 0.25) is 0 Å². The third-order valence-corrected chi connectivity index (χ3v) is 7.71. The zero-order chi connectivity index (χ0) is 28.0. The second-order valence-corrected chi connectivity index (χ2v) is 10.1. The second kappa shape index (κ2) is 12.2. The van der Waals surface area contributed by atoms with Gasteiger partial charge in [0.2, 0.25) is 0 Å². The summed E-state index contributed by atoms with van der Waals surface area (Å²) in [5.41, 5.74) is 15.0. The van der Waals surface area contributed by atoms with E-state index in [0.29, 0.717) is 0 Å². The van der Waals surface area contributed by atoms with Gasteiger partial charge in [-0.2, -0.15) is 0 Å². The Morgan fingerprint density at radius 3 is 0.463 bits per heavy atom. The Labute approximate surface area is 243 Å². The summed E-state index contributed by atoms with van der Waals surface area (Å²) in [5.74, 6) is 0. The van der Waals surface area contributed by atoms with Crippen LogP contribution in [0.4, 0.5) is 0 Å². The van der Waals surface area contributed by atoms with Crippen LogP contribution in [0.25, 0.3) is 66.8 Å². The molecule has 0 saturated carbocycles. The van der Waals surface area contributed by atoms with Crippen LogP contribution < -0.4 is 0 Å². The van der Waals surface area contributed by atoms with Crippen molar-refractivity contribution < 1.29 is 4.74 Å². The van der Waals surface area contributed by atoms with Crippen molar-refractivity contribution >= 4 is 0 Å². The normalized spacial score (nSPS) is 11.0. The maximum atomic E-state index is 4.83. The van der Waals surface area contributed by atoms with Crippen molar-refractivity contribution in [3.8, 4) is 66.8 Å². The molecule has 0 bridgehead atoms. The third kappa shape index (κ3) is 5.13. The lowest BCUT2D eigenvalue weighted by Gasteiger charge is -2.22. The lowest BCUT2D eigenvalue weighted by atomic mass is 9.81. The highest BCUT2D eigenvalue weighted by Crippen LogP contribution is 2.47. The van der Waals surface area contributed by atoms with Crippen molar-refractivity contribution in [2.45, 2.75) is 13.8 Å². The summed E-state index contributed by atoms with van der Waals surface area (Å²) in [5, 5.41) is 0. The number of fused-ring (bicyclic) bond motifs is 12. The standard InChI is InChI=1S/C36H24.C4H10O/c1-2-14-26-25(13-1)27-15-3-4-17-29(27)31-19-7-8-21-33(31)35-23-11-12-24-36(35)34-22-10-9-20-32(34)30-18-6-5-16-28(26)30;1-3-5-4-2/h1-24H;3-4H2,1-2H3. The number of ether oxygens (including phenoxy) is 1. The Hall–Kier alpha value is -4.72. The predicted molar refractivity (Wildman–Crippen MR) is 175 cm³/mol. The zero-order valence-electron chi connectivity index (χ0n) is 23.7. The van der Waals surface area contributed by atoms with Crippen molar-refractivity contribution in [3.05, 3.63) is 146 Å². The van der Waals surface area contributed by atoms with Crippen molar-refractivity contribution in [1.82, 2.24) is 0 Å². The van der Waals surface area contributed by atoms with Gasteiger partial charge in [0.05, 0.1) is 0 Å². The summed E-state index contributed by atoms with van der Waals surface area (Å²) in [6, 6.07) is 53.0. The molecule has 1 heteroatoms. The average Bonchev–Trinajstić information content (AvgIpc) is 3.05. The minimum absolute atomic E-state index is 0.844. The van der Waals surface area contributed by atoms with Gasteiger partial charge in [0.25, 0.3) is 0 Å². The lowest BCUT2D eigenvalue weighted by Crippen LogP contribution is -1.96.